The van der Waals surface area contributed by atoms with E-state index in [4.69, 9.17) is 0 Å². The van der Waals surface area contributed by atoms with Gasteiger partial charge in [-0.05, 0) is 32.0 Å². The van der Waals surface area contributed by atoms with E-state index in [1.54, 1.807) is 32.2 Å². The Bertz CT molecular complexity index is 1250. The van der Waals surface area contributed by atoms with Gasteiger partial charge in [-0.3, -0.25) is 4.79 Å². The van der Waals surface area contributed by atoms with Crippen LogP contribution in [-0.2, 0) is 16.9 Å². The number of anilines is 2. The standard InChI is InChI=1S/C20H25N5O4S/c1-5-21-19-18-16(23-11-25(3)20(18)27)9-15(24-19)13-6-7-14(22-10-12(2)26)17(8-13)30(4,28)29/h6-9,11-12,22,26H,5,10H2,1-4H3,(H,21,24)/t12-/m1/s1. The monoisotopic (exact) mass is 431 g/mol. The van der Waals surface area contributed by atoms with Crippen LogP contribution in [0, 0.1) is 0 Å². The second kappa shape index (κ2) is 8.41. The summed E-state index contributed by atoms with van der Waals surface area (Å²) in [4.78, 5) is 21.6. The van der Waals surface area contributed by atoms with Gasteiger partial charge >= 0.3 is 0 Å². The van der Waals surface area contributed by atoms with Gasteiger partial charge in [0.05, 0.1) is 34.2 Å². The lowest BCUT2D eigenvalue weighted by molar-refractivity contribution is 0.208. The van der Waals surface area contributed by atoms with Gasteiger partial charge in [-0.2, -0.15) is 0 Å². The Balaban J connectivity index is 2.20. The van der Waals surface area contributed by atoms with Gasteiger partial charge in [0.1, 0.15) is 11.2 Å². The first-order valence-corrected chi connectivity index (χ1v) is 11.4. The number of benzene rings is 1. The van der Waals surface area contributed by atoms with Crippen LogP contribution in [-0.4, -0.2) is 53.5 Å². The number of hydrogen-bond donors (Lipinski definition) is 3. The molecule has 0 aliphatic heterocycles. The van der Waals surface area contributed by atoms with Gasteiger partial charge < -0.3 is 20.3 Å². The Hall–Kier alpha value is -2.98. The molecule has 2 aromatic heterocycles. The molecule has 160 valence electrons. The number of nitrogens with zero attached hydrogens (tertiary/aromatic N) is 3. The minimum atomic E-state index is -3.54. The molecule has 0 amide bonds. The zero-order valence-corrected chi connectivity index (χ0v) is 18.1. The third-order valence-corrected chi connectivity index (χ3v) is 5.65. The van der Waals surface area contributed by atoms with Crippen LogP contribution >= 0.6 is 0 Å². The van der Waals surface area contributed by atoms with Crippen LogP contribution in [0.2, 0.25) is 0 Å². The molecular weight excluding hydrogens is 406 g/mol. The largest absolute Gasteiger partial charge is 0.392 e. The van der Waals surface area contributed by atoms with Gasteiger partial charge in [0.25, 0.3) is 5.56 Å². The number of hydrogen-bond acceptors (Lipinski definition) is 8. The Kier molecular flexibility index (Phi) is 6.09. The number of aryl methyl sites for hydroxylation is 1. The molecule has 30 heavy (non-hydrogen) atoms. The van der Waals surface area contributed by atoms with Crippen molar-refractivity contribution in [2.75, 3.05) is 30.0 Å². The average molecular weight is 432 g/mol. The summed E-state index contributed by atoms with van der Waals surface area (Å²) in [6, 6.07) is 6.58. The smallest absolute Gasteiger partial charge is 0.264 e. The fourth-order valence-corrected chi connectivity index (χ4v) is 3.94. The summed E-state index contributed by atoms with van der Waals surface area (Å²) in [5.41, 5.74) is 1.72. The highest BCUT2D eigenvalue weighted by atomic mass is 32.2. The molecule has 1 atom stereocenters. The van der Waals surface area contributed by atoms with Crippen molar-refractivity contribution in [3.8, 4) is 11.3 Å². The van der Waals surface area contributed by atoms with Crippen molar-refractivity contribution in [1.29, 1.82) is 0 Å². The van der Waals surface area contributed by atoms with Gasteiger partial charge in [0.15, 0.2) is 9.84 Å². The highest BCUT2D eigenvalue weighted by molar-refractivity contribution is 7.90. The molecule has 0 fully saturated rings. The predicted molar refractivity (Wildman–Crippen MR) is 118 cm³/mol. The maximum absolute atomic E-state index is 12.6. The molecule has 1 aromatic carbocycles. The summed E-state index contributed by atoms with van der Waals surface area (Å²) in [6.07, 6.45) is 1.94. The van der Waals surface area contributed by atoms with Crippen molar-refractivity contribution in [1.82, 2.24) is 14.5 Å². The number of sulfone groups is 1. The van der Waals surface area contributed by atoms with Crippen molar-refractivity contribution < 1.29 is 13.5 Å². The van der Waals surface area contributed by atoms with Gasteiger partial charge in [-0.15, -0.1) is 0 Å². The summed E-state index contributed by atoms with van der Waals surface area (Å²) in [7, 11) is -1.92. The molecule has 0 unspecified atom stereocenters. The van der Waals surface area contributed by atoms with E-state index in [0.29, 0.717) is 40.2 Å². The topological polar surface area (TPSA) is 126 Å². The lowest BCUT2D eigenvalue weighted by atomic mass is 10.1. The predicted octanol–water partition coefficient (Wildman–Crippen LogP) is 1.62. The van der Waals surface area contributed by atoms with E-state index in [2.05, 4.69) is 20.6 Å². The minimum absolute atomic E-state index is 0.101. The molecule has 0 saturated heterocycles. The van der Waals surface area contributed by atoms with E-state index < -0.39 is 15.9 Å². The molecule has 0 aliphatic carbocycles. The first kappa shape index (κ1) is 21.7. The Morgan fingerprint density at radius 2 is 1.97 bits per heavy atom. The lowest BCUT2D eigenvalue weighted by Crippen LogP contribution is -2.19. The highest BCUT2D eigenvalue weighted by Gasteiger charge is 2.18. The number of pyridine rings is 1. The number of fused-ring (bicyclic) bond motifs is 1. The van der Waals surface area contributed by atoms with Crippen LogP contribution in [0.15, 0.2) is 40.3 Å². The molecule has 0 aliphatic rings. The quantitative estimate of drug-likeness (QED) is 0.515. The van der Waals surface area contributed by atoms with E-state index in [9.17, 15) is 18.3 Å². The number of aromatic nitrogens is 3. The maximum Gasteiger partial charge on any atom is 0.264 e. The Morgan fingerprint density at radius 3 is 2.60 bits per heavy atom. The van der Waals surface area contributed by atoms with E-state index in [-0.39, 0.29) is 17.0 Å². The average Bonchev–Trinajstić information content (AvgIpc) is 2.68. The van der Waals surface area contributed by atoms with E-state index in [1.165, 1.54) is 17.0 Å². The van der Waals surface area contributed by atoms with Crippen molar-refractivity contribution >= 4 is 32.2 Å². The van der Waals surface area contributed by atoms with Crippen LogP contribution in [0.3, 0.4) is 0 Å². The van der Waals surface area contributed by atoms with Gasteiger partial charge in [0, 0.05) is 32.0 Å². The molecule has 3 N–H and O–H groups in total. The highest BCUT2D eigenvalue weighted by Crippen LogP contribution is 2.30. The van der Waals surface area contributed by atoms with Crippen LogP contribution < -0.4 is 16.2 Å². The molecule has 2 heterocycles. The zero-order valence-electron chi connectivity index (χ0n) is 17.3. The van der Waals surface area contributed by atoms with Crippen molar-refractivity contribution in [3.05, 3.63) is 40.9 Å². The van der Waals surface area contributed by atoms with Crippen LogP contribution in [0.25, 0.3) is 22.2 Å². The van der Waals surface area contributed by atoms with Gasteiger partial charge in [-0.25, -0.2) is 18.4 Å². The van der Waals surface area contributed by atoms with Crippen LogP contribution in [0.4, 0.5) is 11.5 Å². The zero-order chi connectivity index (χ0) is 22.1. The second-order valence-corrected chi connectivity index (χ2v) is 9.14. The number of nitrogens with one attached hydrogen (secondary N) is 2. The van der Waals surface area contributed by atoms with Gasteiger partial charge in [-0.1, -0.05) is 6.07 Å². The Labute approximate surface area is 174 Å². The number of aliphatic hydroxyl groups excluding tert-OH is 1. The van der Waals surface area contributed by atoms with Crippen LogP contribution in [0.1, 0.15) is 13.8 Å². The third-order valence-electron chi connectivity index (χ3n) is 4.51. The summed E-state index contributed by atoms with van der Waals surface area (Å²) in [5, 5.41) is 15.9. The third kappa shape index (κ3) is 4.44. The Morgan fingerprint density at radius 1 is 1.23 bits per heavy atom. The first-order chi connectivity index (χ1) is 14.1. The second-order valence-electron chi connectivity index (χ2n) is 7.15. The van der Waals surface area contributed by atoms with Crippen molar-refractivity contribution in [3.63, 3.8) is 0 Å². The summed E-state index contributed by atoms with van der Waals surface area (Å²) in [5.74, 6) is 0.399. The van der Waals surface area contributed by atoms with Crippen molar-refractivity contribution in [2.24, 2.45) is 7.05 Å². The first-order valence-electron chi connectivity index (χ1n) is 9.48. The maximum atomic E-state index is 12.6. The lowest BCUT2D eigenvalue weighted by Gasteiger charge is -2.15. The van der Waals surface area contributed by atoms with Gasteiger partial charge in [0.2, 0.25) is 0 Å². The molecule has 0 radical (unpaired) electrons. The fraction of sp³-hybridized carbons (Fsp3) is 0.350. The SMILES string of the molecule is CCNc1nc(-c2ccc(NC[C@@H](C)O)c(S(C)(=O)=O)c2)cc2ncn(C)c(=O)c12. The number of aliphatic hydroxyl groups is 1. The molecule has 10 heteroatoms. The normalized spacial score (nSPS) is 12.7. The summed E-state index contributed by atoms with van der Waals surface area (Å²) < 4.78 is 26.1. The molecule has 9 nitrogen and oxygen atoms in total. The van der Waals surface area contributed by atoms with E-state index in [1.807, 2.05) is 6.92 Å². The van der Waals surface area contributed by atoms with E-state index in [0.717, 1.165) is 6.26 Å². The number of rotatable bonds is 7. The van der Waals surface area contributed by atoms with Crippen molar-refractivity contribution in [2.45, 2.75) is 24.8 Å². The molecule has 0 spiro atoms. The van der Waals surface area contributed by atoms with Crippen LogP contribution in [0.5, 0.6) is 0 Å². The van der Waals surface area contributed by atoms with E-state index >= 15 is 0 Å². The minimum Gasteiger partial charge on any atom is -0.392 e. The molecule has 3 rings (SSSR count). The molecule has 0 saturated carbocycles. The fourth-order valence-electron chi connectivity index (χ4n) is 3.06. The summed E-state index contributed by atoms with van der Waals surface area (Å²) >= 11 is 0. The molecular formula is C20H25N5O4S. The molecule has 0 bridgehead atoms. The summed E-state index contributed by atoms with van der Waals surface area (Å²) in [6.45, 7) is 4.28. The molecule has 3 aromatic rings.